The van der Waals surface area contributed by atoms with Crippen molar-refractivity contribution in [2.75, 3.05) is 12.4 Å². The Morgan fingerprint density at radius 1 is 1.06 bits per heavy atom. The fourth-order valence-corrected chi connectivity index (χ4v) is 1.48. The van der Waals surface area contributed by atoms with E-state index >= 15 is 0 Å². The van der Waals surface area contributed by atoms with Gasteiger partial charge in [-0.2, -0.15) is 0 Å². The Bertz CT molecular complexity index is 423. The Labute approximate surface area is 95.0 Å². The maximum atomic E-state index is 5.56. The predicted octanol–water partition coefficient (Wildman–Crippen LogP) is 3.04. The molecule has 2 aromatic rings. The summed E-state index contributed by atoms with van der Waals surface area (Å²) in [7, 11) is 1.66. The van der Waals surface area contributed by atoms with Crippen molar-refractivity contribution in [1.29, 1.82) is 0 Å². The van der Waals surface area contributed by atoms with Crippen molar-refractivity contribution in [1.82, 2.24) is 0 Å². The van der Waals surface area contributed by atoms with Crippen LogP contribution in [0, 0.1) is 0 Å². The van der Waals surface area contributed by atoms with Gasteiger partial charge in [-0.05, 0) is 24.3 Å². The van der Waals surface area contributed by atoms with E-state index in [0.717, 1.165) is 17.2 Å². The molecule has 84 valence electrons. The molecule has 1 aromatic carbocycles. The van der Waals surface area contributed by atoms with Gasteiger partial charge in [0.05, 0.1) is 6.54 Å². The van der Waals surface area contributed by atoms with E-state index < -0.39 is 0 Å². The monoisotopic (exact) mass is 217 g/mol. The minimum Gasteiger partial charge on any atom is -0.462 e. The fourth-order valence-electron chi connectivity index (χ4n) is 1.48. The van der Waals surface area contributed by atoms with Gasteiger partial charge in [0.25, 0.3) is 0 Å². The Kier molecular flexibility index (Phi) is 3.62. The average Bonchev–Trinajstić information content (AvgIpc) is 2.76. The third-order valence-electron chi connectivity index (χ3n) is 2.24. The Hall–Kier alpha value is -1.74. The van der Waals surface area contributed by atoms with Gasteiger partial charge in [-0.15, -0.1) is 0 Å². The van der Waals surface area contributed by atoms with Gasteiger partial charge in [-0.3, -0.25) is 0 Å². The molecule has 1 aromatic heterocycles. The van der Waals surface area contributed by atoms with Crippen molar-refractivity contribution < 1.29 is 9.15 Å². The third kappa shape index (κ3) is 2.87. The molecule has 0 fully saturated rings. The molecule has 3 heteroatoms. The van der Waals surface area contributed by atoms with Crippen molar-refractivity contribution in [3.05, 3.63) is 54.0 Å². The zero-order valence-electron chi connectivity index (χ0n) is 9.27. The highest BCUT2D eigenvalue weighted by Crippen LogP contribution is 2.12. The molecule has 0 saturated carbocycles. The van der Waals surface area contributed by atoms with Crippen LogP contribution in [0.4, 0.5) is 5.69 Å². The van der Waals surface area contributed by atoms with Crippen molar-refractivity contribution >= 4 is 5.69 Å². The summed E-state index contributed by atoms with van der Waals surface area (Å²) in [5.41, 5.74) is 1.09. The van der Waals surface area contributed by atoms with E-state index in [1.807, 2.05) is 42.5 Å². The zero-order chi connectivity index (χ0) is 11.2. The number of hydrogen-bond donors (Lipinski definition) is 1. The molecule has 0 saturated heterocycles. The largest absolute Gasteiger partial charge is 0.462 e. The van der Waals surface area contributed by atoms with Crippen molar-refractivity contribution in [3.8, 4) is 0 Å². The molecule has 0 radical (unpaired) electrons. The number of para-hydroxylation sites is 1. The van der Waals surface area contributed by atoms with Gasteiger partial charge in [0.15, 0.2) is 0 Å². The minimum absolute atomic E-state index is 0.519. The lowest BCUT2D eigenvalue weighted by atomic mass is 10.3. The molecule has 0 unspecified atom stereocenters. The number of hydrogen-bond acceptors (Lipinski definition) is 3. The first-order valence-corrected chi connectivity index (χ1v) is 5.24. The molecule has 1 heterocycles. The van der Waals surface area contributed by atoms with E-state index in [9.17, 15) is 0 Å². The molecule has 0 aliphatic rings. The lowest BCUT2D eigenvalue weighted by Crippen LogP contribution is -1.97. The first-order valence-electron chi connectivity index (χ1n) is 5.24. The summed E-state index contributed by atoms with van der Waals surface area (Å²) in [6, 6.07) is 13.9. The second kappa shape index (κ2) is 5.37. The molecule has 2 rings (SSSR count). The van der Waals surface area contributed by atoms with Gasteiger partial charge >= 0.3 is 0 Å². The SMILES string of the molecule is COCc1ccc(CNc2ccccc2)o1. The lowest BCUT2D eigenvalue weighted by molar-refractivity contribution is 0.163. The highest BCUT2D eigenvalue weighted by molar-refractivity contribution is 5.42. The minimum atomic E-state index is 0.519. The molecule has 1 N–H and O–H groups in total. The molecule has 0 bridgehead atoms. The molecule has 0 aliphatic heterocycles. The quantitative estimate of drug-likeness (QED) is 0.835. The Morgan fingerprint density at radius 2 is 1.81 bits per heavy atom. The van der Waals surface area contributed by atoms with E-state index in [-0.39, 0.29) is 0 Å². The fraction of sp³-hybridized carbons (Fsp3) is 0.231. The van der Waals surface area contributed by atoms with Crippen LogP contribution in [0.2, 0.25) is 0 Å². The summed E-state index contributed by atoms with van der Waals surface area (Å²) in [6.07, 6.45) is 0. The molecular weight excluding hydrogens is 202 g/mol. The molecule has 0 atom stereocenters. The number of rotatable bonds is 5. The number of benzene rings is 1. The first kappa shape index (κ1) is 10.8. The van der Waals surface area contributed by atoms with Crippen molar-refractivity contribution in [2.45, 2.75) is 13.2 Å². The molecule has 16 heavy (non-hydrogen) atoms. The number of furan rings is 1. The maximum Gasteiger partial charge on any atom is 0.129 e. The zero-order valence-corrected chi connectivity index (χ0v) is 9.27. The van der Waals surface area contributed by atoms with Crippen molar-refractivity contribution in [2.24, 2.45) is 0 Å². The van der Waals surface area contributed by atoms with Gasteiger partial charge in [0.2, 0.25) is 0 Å². The lowest BCUT2D eigenvalue weighted by Gasteiger charge is -2.03. The van der Waals surface area contributed by atoms with E-state index in [1.165, 1.54) is 0 Å². The second-order valence-electron chi connectivity index (χ2n) is 3.52. The van der Waals surface area contributed by atoms with Crippen LogP contribution in [0.15, 0.2) is 46.9 Å². The molecular formula is C13H15NO2. The van der Waals surface area contributed by atoms with Crippen LogP contribution in [-0.2, 0) is 17.9 Å². The summed E-state index contributed by atoms with van der Waals surface area (Å²) in [5.74, 6) is 1.77. The summed E-state index contributed by atoms with van der Waals surface area (Å²) in [4.78, 5) is 0. The van der Waals surface area contributed by atoms with Crippen LogP contribution < -0.4 is 5.32 Å². The average molecular weight is 217 g/mol. The van der Waals surface area contributed by atoms with Gasteiger partial charge in [0, 0.05) is 12.8 Å². The van der Waals surface area contributed by atoms with E-state index in [1.54, 1.807) is 7.11 Å². The number of ether oxygens (including phenoxy) is 1. The number of methoxy groups -OCH3 is 1. The molecule has 0 amide bonds. The normalized spacial score (nSPS) is 10.3. The highest BCUT2D eigenvalue weighted by atomic mass is 16.5. The molecule has 3 nitrogen and oxygen atoms in total. The summed E-state index contributed by atoms with van der Waals surface area (Å²) >= 11 is 0. The number of anilines is 1. The van der Waals surface area contributed by atoms with Crippen LogP contribution in [0.5, 0.6) is 0 Å². The Balaban J connectivity index is 1.89. The topological polar surface area (TPSA) is 34.4 Å². The molecule has 0 spiro atoms. The third-order valence-corrected chi connectivity index (χ3v) is 2.24. The van der Waals surface area contributed by atoms with Crippen LogP contribution >= 0.6 is 0 Å². The summed E-state index contributed by atoms with van der Waals surface area (Å²) in [5, 5.41) is 3.28. The maximum absolute atomic E-state index is 5.56. The predicted molar refractivity (Wildman–Crippen MR) is 63.2 cm³/mol. The van der Waals surface area contributed by atoms with E-state index in [0.29, 0.717) is 13.2 Å². The van der Waals surface area contributed by atoms with Crippen LogP contribution in [0.1, 0.15) is 11.5 Å². The summed E-state index contributed by atoms with van der Waals surface area (Å²) < 4.78 is 10.5. The van der Waals surface area contributed by atoms with Gasteiger partial charge < -0.3 is 14.5 Å². The smallest absolute Gasteiger partial charge is 0.129 e. The van der Waals surface area contributed by atoms with E-state index in [2.05, 4.69) is 5.32 Å². The van der Waals surface area contributed by atoms with Gasteiger partial charge in [-0.25, -0.2) is 0 Å². The Morgan fingerprint density at radius 3 is 2.56 bits per heavy atom. The van der Waals surface area contributed by atoms with Crippen LogP contribution in [0.3, 0.4) is 0 Å². The second-order valence-corrected chi connectivity index (χ2v) is 3.52. The van der Waals surface area contributed by atoms with E-state index in [4.69, 9.17) is 9.15 Å². The van der Waals surface area contributed by atoms with Gasteiger partial charge in [0.1, 0.15) is 18.1 Å². The standard InChI is InChI=1S/C13H15NO2/c1-15-10-13-8-7-12(16-13)9-14-11-5-3-2-4-6-11/h2-8,14H,9-10H2,1H3. The van der Waals surface area contributed by atoms with Crippen molar-refractivity contribution in [3.63, 3.8) is 0 Å². The highest BCUT2D eigenvalue weighted by Gasteiger charge is 2.01. The summed E-state index contributed by atoms with van der Waals surface area (Å²) in [6.45, 7) is 1.21. The number of nitrogens with one attached hydrogen (secondary N) is 1. The first-order chi connectivity index (χ1) is 7.88. The van der Waals surface area contributed by atoms with Crippen LogP contribution in [-0.4, -0.2) is 7.11 Å². The van der Waals surface area contributed by atoms with Crippen LogP contribution in [0.25, 0.3) is 0 Å². The van der Waals surface area contributed by atoms with Gasteiger partial charge in [-0.1, -0.05) is 18.2 Å². The molecule has 0 aliphatic carbocycles.